The average molecular weight is 218 g/mol. The maximum atomic E-state index is 3.44. The van der Waals surface area contributed by atoms with Gasteiger partial charge in [0.15, 0.2) is 0 Å². The number of rotatable bonds is 4. The number of nitrogens with one attached hydrogen (secondary N) is 1. The molecule has 0 bridgehead atoms. The molecular formula is C14H22N2. The van der Waals surface area contributed by atoms with Crippen LogP contribution in [0.15, 0.2) is 24.3 Å². The van der Waals surface area contributed by atoms with E-state index in [9.17, 15) is 0 Å². The van der Waals surface area contributed by atoms with E-state index in [2.05, 4.69) is 48.3 Å². The lowest BCUT2D eigenvalue weighted by Crippen LogP contribution is -2.26. The van der Waals surface area contributed by atoms with Crippen LogP contribution in [0, 0.1) is 12.8 Å². The van der Waals surface area contributed by atoms with Gasteiger partial charge in [0.05, 0.1) is 0 Å². The first kappa shape index (κ1) is 11.5. The molecule has 2 nitrogen and oxygen atoms in total. The third-order valence-corrected chi connectivity index (χ3v) is 3.37. The molecule has 1 N–H and O–H groups in total. The molecule has 1 saturated heterocycles. The highest BCUT2D eigenvalue weighted by molar-refractivity contribution is 5.48. The topological polar surface area (TPSA) is 15.3 Å². The van der Waals surface area contributed by atoms with Gasteiger partial charge in [0.2, 0.25) is 0 Å². The van der Waals surface area contributed by atoms with E-state index >= 15 is 0 Å². The van der Waals surface area contributed by atoms with Crippen LogP contribution in [-0.2, 0) is 0 Å². The molecule has 0 aliphatic carbocycles. The van der Waals surface area contributed by atoms with E-state index in [0.29, 0.717) is 0 Å². The summed E-state index contributed by atoms with van der Waals surface area (Å²) in [6.45, 7) is 8.98. The van der Waals surface area contributed by atoms with Crippen LogP contribution >= 0.6 is 0 Å². The molecule has 1 heterocycles. The summed E-state index contributed by atoms with van der Waals surface area (Å²) >= 11 is 0. The van der Waals surface area contributed by atoms with Crippen molar-refractivity contribution in [3.8, 4) is 0 Å². The van der Waals surface area contributed by atoms with Gasteiger partial charge in [-0.15, -0.1) is 0 Å². The molecule has 2 rings (SSSR count). The number of nitrogens with zero attached hydrogens (tertiary/aromatic N) is 1. The molecule has 88 valence electrons. The van der Waals surface area contributed by atoms with Gasteiger partial charge < -0.3 is 10.2 Å². The molecule has 1 aromatic rings. The van der Waals surface area contributed by atoms with E-state index in [0.717, 1.165) is 12.5 Å². The zero-order chi connectivity index (χ0) is 11.4. The Hall–Kier alpha value is -1.02. The van der Waals surface area contributed by atoms with Gasteiger partial charge in [-0.2, -0.15) is 0 Å². The fourth-order valence-electron chi connectivity index (χ4n) is 2.34. The molecule has 0 aromatic heterocycles. The SMILES string of the molecule is CCNCC1CCN(c2ccc(C)cc2)C1. The lowest BCUT2D eigenvalue weighted by atomic mass is 10.1. The summed E-state index contributed by atoms with van der Waals surface area (Å²) in [5.74, 6) is 0.821. The van der Waals surface area contributed by atoms with Crippen molar-refractivity contribution in [2.75, 3.05) is 31.1 Å². The normalized spacial score (nSPS) is 20.4. The van der Waals surface area contributed by atoms with Crippen molar-refractivity contribution >= 4 is 5.69 Å². The number of benzene rings is 1. The zero-order valence-electron chi connectivity index (χ0n) is 10.4. The van der Waals surface area contributed by atoms with Gasteiger partial charge in [0.25, 0.3) is 0 Å². The highest BCUT2D eigenvalue weighted by atomic mass is 15.2. The highest BCUT2D eigenvalue weighted by Gasteiger charge is 2.21. The Morgan fingerprint density at radius 2 is 2.06 bits per heavy atom. The van der Waals surface area contributed by atoms with Crippen molar-refractivity contribution in [2.24, 2.45) is 5.92 Å². The highest BCUT2D eigenvalue weighted by Crippen LogP contribution is 2.23. The molecule has 0 amide bonds. The minimum atomic E-state index is 0.821. The van der Waals surface area contributed by atoms with Gasteiger partial charge in [0, 0.05) is 18.8 Å². The van der Waals surface area contributed by atoms with E-state index in [4.69, 9.17) is 0 Å². The lowest BCUT2D eigenvalue weighted by Gasteiger charge is -2.19. The molecule has 0 radical (unpaired) electrons. The van der Waals surface area contributed by atoms with E-state index in [1.54, 1.807) is 0 Å². The van der Waals surface area contributed by atoms with Crippen LogP contribution in [0.1, 0.15) is 18.9 Å². The Bertz CT molecular complexity index is 318. The third-order valence-electron chi connectivity index (χ3n) is 3.37. The fraction of sp³-hybridized carbons (Fsp3) is 0.571. The summed E-state index contributed by atoms with van der Waals surface area (Å²) in [5.41, 5.74) is 2.72. The van der Waals surface area contributed by atoms with Crippen LogP contribution in [-0.4, -0.2) is 26.2 Å². The van der Waals surface area contributed by atoms with Crippen molar-refractivity contribution < 1.29 is 0 Å². The summed E-state index contributed by atoms with van der Waals surface area (Å²) in [7, 11) is 0. The standard InChI is InChI=1S/C14H22N2/c1-3-15-10-13-8-9-16(11-13)14-6-4-12(2)5-7-14/h4-7,13,15H,3,8-11H2,1-2H3. The largest absolute Gasteiger partial charge is 0.371 e. The van der Waals surface area contributed by atoms with Crippen LogP contribution in [0.5, 0.6) is 0 Å². The molecule has 0 saturated carbocycles. The first-order valence-electron chi connectivity index (χ1n) is 6.32. The number of anilines is 1. The van der Waals surface area contributed by atoms with E-state index in [1.165, 1.54) is 37.3 Å². The number of hydrogen-bond acceptors (Lipinski definition) is 2. The summed E-state index contributed by atoms with van der Waals surface area (Å²) in [6, 6.07) is 8.88. The van der Waals surface area contributed by atoms with Crippen molar-refractivity contribution in [1.82, 2.24) is 5.32 Å². The maximum absolute atomic E-state index is 3.44. The van der Waals surface area contributed by atoms with Crippen LogP contribution in [0.2, 0.25) is 0 Å². The minimum absolute atomic E-state index is 0.821. The Kier molecular flexibility index (Phi) is 3.83. The molecular weight excluding hydrogens is 196 g/mol. The Balaban J connectivity index is 1.90. The summed E-state index contributed by atoms with van der Waals surface area (Å²) < 4.78 is 0. The van der Waals surface area contributed by atoms with Crippen molar-refractivity contribution in [1.29, 1.82) is 0 Å². The van der Waals surface area contributed by atoms with Crippen molar-refractivity contribution in [2.45, 2.75) is 20.3 Å². The third kappa shape index (κ3) is 2.76. The second-order valence-electron chi connectivity index (χ2n) is 4.74. The molecule has 2 heteroatoms. The van der Waals surface area contributed by atoms with Gasteiger partial charge in [-0.3, -0.25) is 0 Å². The number of hydrogen-bond donors (Lipinski definition) is 1. The predicted octanol–water partition coefficient (Wildman–Crippen LogP) is 2.43. The van der Waals surface area contributed by atoms with Crippen LogP contribution in [0.3, 0.4) is 0 Å². The molecule has 1 aliphatic heterocycles. The average Bonchev–Trinajstić information content (AvgIpc) is 2.76. The quantitative estimate of drug-likeness (QED) is 0.835. The Morgan fingerprint density at radius 1 is 1.31 bits per heavy atom. The smallest absolute Gasteiger partial charge is 0.0366 e. The first-order chi connectivity index (χ1) is 7.79. The second-order valence-corrected chi connectivity index (χ2v) is 4.74. The molecule has 1 unspecified atom stereocenters. The molecule has 1 aliphatic rings. The van der Waals surface area contributed by atoms with Gasteiger partial charge in [0.1, 0.15) is 0 Å². The van der Waals surface area contributed by atoms with Crippen LogP contribution in [0.25, 0.3) is 0 Å². The minimum Gasteiger partial charge on any atom is -0.371 e. The van der Waals surface area contributed by atoms with Crippen molar-refractivity contribution in [3.05, 3.63) is 29.8 Å². The van der Waals surface area contributed by atoms with Crippen LogP contribution in [0.4, 0.5) is 5.69 Å². The molecule has 1 atom stereocenters. The van der Waals surface area contributed by atoms with Gasteiger partial charge in [-0.05, 0) is 44.5 Å². The fourth-order valence-corrected chi connectivity index (χ4v) is 2.34. The van der Waals surface area contributed by atoms with E-state index in [-0.39, 0.29) is 0 Å². The van der Waals surface area contributed by atoms with E-state index < -0.39 is 0 Å². The number of aryl methyl sites for hydroxylation is 1. The van der Waals surface area contributed by atoms with Gasteiger partial charge in [-0.25, -0.2) is 0 Å². The lowest BCUT2D eigenvalue weighted by molar-refractivity contribution is 0.528. The molecule has 1 fully saturated rings. The molecule has 16 heavy (non-hydrogen) atoms. The zero-order valence-corrected chi connectivity index (χ0v) is 10.4. The first-order valence-corrected chi connectivity index (χ1v) is 6.32. The Labute approximate surface area is 98.7 Å². The van der Waals surface area contributed by atoms with Gasteiger partial charge in [-0.1, -0.05) is 24.6 Å². The predicted molar refractivity (Wildman–Crippen MR) is 70.0 cm³/mol. The second kappa shape index (κ2) is 5.35. The van der Waals surface area contributed by atoms with E-state index in [1.807, 2.05) is 0 Å². The van der Waals surface area contributed by atoms with Crippen molar-refractivity contribution in [3.63, 3.8) is 0 Å². The summed E-state index contributed by atoms with van der Waals surface area (Å²) in [5, 5.41) is 3.44. The monoisotopic (exact) mass is 218 g/mol. The van der Waals surface area contributed by atoms with Crippen LogP contribution < -0.4 is 10.2 Å². The Morgan fingerprint density at radius 3 is 2.75 bits per heavy atom. The maximum Gasteiger partial charge on any atom is 0.0366 e. The molecule has 0 spiro atoms. The summed E-state index contributed by atoms with van der Waals surface area (Å²) in [4.78, 5) is 2.50. The molecule has 1 aromatic carbocycles. The van der Waals surface area contributed by atoms with Gasteiger partial charge >= 0.3 is 0 Å². The summed E-state index contributed by atoms with van der Waals surface area (Å²) in [6.07, 6.45) is 1.32.